The van der Waals surface area contributed by atoms with Crippen molar-refractivity contribution >= 4 is 63.1 Å². The van der Waals surface area contributed by atoms with E-state index in [4.69, 9.17) is 11.6 Å². The number of fused-ring (bicyclic) bond motifs is 5. The number of phenolic OH excluding ortho intramolecular Hbond substituents is 1. The zero-order valence-corrected chi connectivity index (χ0v) is 29.5. The lowest BCUT2D eigenvalue weighted by molar-refractivity contribution is -0.384. The first-order valence-electron chi connectivity index (χ1n) is 17.7. The van der Waals surface area contributed by atoms with Gasteiger partial charge in [-0.05, 0) is 72.2 Å². The van der Waals surface area contributed by atoms with Crippen LogP contribution in [-0.4, -0.2) is 38.7 Å². The van der Waals surface area contributed by atoms with Crippen molar-refractivity contribution in [2.75, 3.05) is 10.3 Å². The third-order valence-corrected chi connectivity index (χ3v) is 12.0. The van der Waals surface area contributed by atoms with E-state index in [2.05, 4.69) is 5.43 Å². The van der Waals surface area contributed by atoms with E-state index in [9.17, 15) is 34.0 Å². The average Bonchev–Trinajstić information content (AvgIpc) is 3.57. The molecule has 55 heavy (non-hydrogen) atoms. The van der Waals surface area contributed by atoms with Crippen molar-refractivity contribution in [3.05, 3.63) is 153 Å². The van der Waals surface area contributed by atoms with Gasteiger partial charge in [0.2, 0.25) is 11.8 Å². The van der Waals surface area contributed by atoms with Crippen LogP contribution in [0.2, 0.25) is 5.02 Å². The number of carbonyl (C=O) groups is 4. The molecule has 11 nitrogen and oxygen atoms in total. The van der Waals surface area contributed by atoms with Crippen molar-refractivity contribution in [1.29, 1.82) is 0 Å². The maximum atomic E-state index is 15.4. The molecule has 5 aromatic carbocycles. The van der Waals surface area contributed by atoms with Crippen LogP contribution in [0, 0.1) is 39.6 Å². The third kappa shape index (κ3) is 5.01. The summed E-state index contributed by atoms with van der Waals surface area (Å²) in [5.74, 6) is -7.62. The first-order chi connectivity index (χ1) is 26.5. The van der Waals surface area contributed by atoms with Gasteiger partial charge >= 0.3 is 0 Å². The molecule has 2 saturated heterocycles. The minimum absolute atomic E-state index is 0.0194. The molecule has 0 aromatic heterocycles. The lowest BCUT2D eigenvalue weighted by Gasteiger charge is -2.50. The molecule has 274 valence electrons. The molecule has 2 N–H and O–H groups in total. The van der Waals surface area contributed by atoms with Crippen molar-refractivity contribution in [2.24, 2.45) is 23.7 Å². The summed E-state index contributed by atoms with van der Waals surface area (Å²) >= 11 is 6.37. The summed E-state index contributed by atoms with van der Waals surface area (Å²) in [7, 11) is 0. The van der Waals surface area contributed by atoms with E-state index in [1.807, 2.05) is 24.3 Å². The van der Waals surface area contributed by atoms with Gasteiger partial charge in [0, 0.05) is 34.0 Å². The maximum Gasteiger partial charge on any atom is 0.271 e. The number of non-ortho nitro benzene ring substituents is 1. The van der Waals surface area contributed by atoms with Crippen molar-refractivity contribution in [3.63, 3.8) is 0 Å². The molecule has 4 amide bonds. The Kier molecular flexibility index (Phi) is 7.87. The van der Waals surface area contributed by atoms with Crippen molar-refractivity contribution in [1.82, 2.24) is 5.01 Å². The van der Waals surface area contributed by atoms with Crippen LogP contribution in [0.15, 0.2) is 121 Å². The van der Waals surface area contributed by atoms with Crippen LogP contribution in [0.5, 0.6) is 5.75 Å². The number of allylic oxidation sites excluding steroid dienone is 2. The standard InChI is InChI=1S/C42H30ClFN4O7/c43-24-11-9-23(10-12-24)42-34(39(51)47(41(42)53)45-26-15-13-25(44)14-16-26)21-33-30(36(42)32-17-8-22-4-1-2-7-29(22)37(32)49)18-19-31-35(33)40(52)46(38(31)50)27-5-3-6-28(20-27)48(54)55/h1-18,20,31,33-36,45,49H,19,21H2. The SMILES string of the molecule is O=C1C2CC3C(=CCC4C(=O)N(c5cccc([N+](=O)[O-])c5)C(=O)C43)C(c3ccc4ccccc4c3O)C2(c2ccc(Cl)cc2)C(=O)N1Nc1ccc(F)cc1. The van der Waals surface area contributed by atoms with Gasteiger partial charge in [0.15, 0.2) is 0 Å². The number of nitrogens with one attached hydrogen (secondary N) is 1. The molecule has 2 aliphatic carbocycles. The van der Waals surface area contributed by atoms with Crippen LogP contribution in [-0.2, 0) is 24.6 Å². The summed E-state index contributed by atoms with van der Waals surface area (Å²) < 4.78 is 13.9. The van der Waals surface area contributed by atoms with Gasteiger partial charge in [-0.1, -0.05) is 77.8 Å². The summed E-state index contributed by atoms with van der Waals surface area (Å²) in [5, 5.41) is 26.4. The summed E-state index contributed by atoms with van der Waals surface area (Å²) in [4.78, 5) is 70.9. The quantitative estimate of drug-likeness (QED) is 0.0786. The molecule has 9 rings (SSSR count). The fourth-order valence-electron chi connectivity index (χ4n) is 9.50. The number of nitro groups is 1. The highest BCUT2D eigenvalue weighted by molar-refractivity contribution is 6.30. The molecule has 4 aliphatic rings. The fraction of sp³-hybridized carbons (Fsp3) is 0.190. The van der Waals surface area contributed by atoms with Crippen molar-refractivity contribution in [2.45, 2.75) is 24.2 Å². The van der Waals surface area contributed by atoms with Crippen LogP contribution in [0.1, 0.15) is 29.9 Å². The highest BCUT2D eigenvalue weighted by atomic mass is 35.5. The Labute approximate surface area is 317 Å². The number of anilines is 2. The highest BCUT2D eigenvalue weighted by Gasteiger charge is 2.70. The number of amides is 4. The van der Waals surface area contributed by atoms with Crippen LogP contribution in [0.25, 0.3) is 10.8 Å². The Balaban J connectivity index is 1.26. The number of nitrogens with zero attached hydrogens (tertiary/aromatic N) is 3. The number of rotatable bonds is 6. The lowest BCUT2D eigenvalue weighted by Crippen LogP contribution is -2.53. The number of phenols is 1. The molecule has 1 saturated carbocycles. The van der Waals surface area contributed by atoms with E-state index >= 15 is 4.79 Å². The van der Waals surface area contributed by atoms with Crippen LogP contribution < -0.4 is 10.3 Å². The smallest absolute Gasteiger partial charge is 0.271 e. The molecule has 2 heterocycles. The number of hydrogen-bond donors (Lipinski definition) is 2. The van der Waals surface area contributed by atoms with Crippen LogP contribution in [0.3, 0.4) is 0 Å². The van der Waals surface area contributed by atoms with Gasteiger partial charge in [0.1, 0.15) is 11.6 Å². The van der Waals surface area contributed by atoms with E-state index in [0.717, 1.165) is 15.3 Å². The second-order valence-corrected chi connectivity index (χ2v) is 14.8. The van der Waals surface area contributed by atoms with Crippen LogP contribution >= 0.6 is 11.6 Å². The Morgan fingerprint density at radius 3 is 2.35 bits per heavy atom. The minimum atomic E-state index is -1.69. The monoisotopic (exact) mass is 756 g/mol. The molecule has 6 atom stereocenters. The molecular formula is C42H30ClFN4O7. The van der Waals surface area contributed by atoms with E-state index < -0.39 is 69.4 Å². The predicted octanol–water partition coefficient (Wildman–Crippen LogP) is 7.44. The molecule has 0 spiro atoms. The van der Waals surface area contributed by atoms with Gasteiger partial charge in [-0.2, -0.15) is 5.01 Å². The lowest BCUT2D eigenvalue weighted by atomic mass is 9.49. The van der Waals surface area contributed by atoms with Gasteiger partial charge in [-0.3, -0.25) is 34.7 Å². The van der Waals surface area contributed by atoms with E-state index in [0.29, 0.717) is 27.1 Å². The Morgan fingerprint density at radius 2 is 1.60 bits per heavy atom. The van der Waals surface area contributed by atoms with E-state index in [1.165, 1.54) is 48.5 Å². The molecule has 2 aliphatic heterocycles. The zero-order valence-electron chi connectivity index (χ0n) is 28.8. The largest absolute Gasteiger partial charge is 0.507 e. The van der Waals surface area contributed by atoms with Gasteiger partial charge < -0.3 is 5.11 Å². The first-order valence-corrected chi connectivity index (χ1v) is 18.1. The van der Waals surface area contributed by atoms with Gasteiger partial charge in [0.05, 0.1) is 39.5 Å². The number of benzene rings is 5. The van der Waals surface area contributed by atoms with Gasteiger partial charge in [-0.25, -0.2) is 9.29 Å². The number of nitro benzene ring substituents is 1. The number of hydrogen-bond acceptors (Lipinski definition) is 8. The number of carbonyl (C=O) groups excluding carboxylic acids is 4. The number of aromatic hydroxyl groups is 1. The average molecular weight is 757 g/mol. The second-order valence-electron chi connectivity index (χ2n) is 14.4. The number of hydrazine groups is 1. The molecule has 5 aromatic rings. The molecule has 0 bridgehead atoms. The summed E-state index contributed by atoms with van der Waals surface area (Å²) in [6, 6.07) is 27.9. The molecule has 13 heteroatoms. The first kappa shape index (κ1) is 34.4. The Morgan fingerprint density at radius 1 is 0.855 bits per heavy atom. The maximum absolute atomic E-state index is 15.4. The number of halogens is 2. The normalized spacial score (nSPS) is 25.8. The fourth-order valence-corrected chi connectivity index (χ4v) is 9.63. The topological polar surface area (TPSA) is 150 Å². The third-order valence-electron chi connectivity index (χ3n) is 11.8. The van der Waals surface area contributed by atoms with Crippen molar-refractivity contribution < 1.29 is 33.6 Å². The zero-order chi connectivity index (χ0) is 38.3. The summed E-state index contributed by atoms with van der Waals surface area (Å²) in [6.45, 7) is 0. The highest BCUT2D eigenvalue weighted by Crippen LogP contribution is 2.65. The van der Waals surface area contributed by atoms with Gasteiger partial charge in [0.25, 0.3) is 17.5 Å². The van der Waals surface area contributed by atoms with Gasteiger partial charge in [-0.15, -0.1) is 0 Å². The molecule has 6 unspecified atom stereocenters. The molecular weight excluding hydrogens is 727 g/mol. The second kappa shape index (κ2) is 12.6. The molecule has 3 fully saturated rings. The summed E-state index contributed by atoms with van der Waals surface area (Å²) in [5.41, 5.74) is 2.70. The van der Waals surface area contributed by atoms with E-state index in [-0.39, 0.29) is 35.7 Å². The predicted molar refractivity (Wildman–Crippen MR) is 200 cm³/mol. The minimum Gasteiger partial charge on any atom is -0.507 e. The van der Waals surface area contributed by atoms with E-state index in [1.54, 1.807) is 42.5 Å². The van der Waals surface area contributed by atoms with Crippen LogP contribution in [0.4, 0.5) is 21.5 Å². The molecule has 0 radical (unpaired) electrons. The Hall–Kier alpha value is -6.40. The summed E-state index contributed by atoms with van der Waals surface area (Å²) in [6.07, 6.45) is 1.95. The Bertz CT molecular complexity index is 2530. The van der Waals surface area contributed by atoms with Crippen molar-refractivity contribution in [3.8, 4) is 5.75 Å². The number of imide groups is 2.